The number of rotatable bonds is 3. The lowest BCUT2D eigenvalue weighted by atomic mass is 9.99. The van der Waals surface area contributed by atoms with Crippen LogP contribution >= 0.6 is 0 Å². The molecule has 2 aromatic rings. The van der Waals surface area contributed by atoms with Gasteiger partial charge >= 0.3 is 0 Å². The first-order chi connectivity index (χ1) is 10.3. The van der Waals surface area contributed by atoms with E-state index in [0.717, 1.165) is 23.5 Å². The predicted molar refractivity (Wildman–Crippen MR) is 80.1 cm³/mol. The van der Waals surface area contributed by atoms with Gasteiger partial charge in [0, 0.05) is 19.3 Å². The van der Waals surface area contributed by atoms with Gasteiger partial charge in [0.2, 0.25) is 5.91 Å². The maximum absolute atomic E-state index is 11.7. The van der Waals surface area contributed by atoms with Crippen molar-refractivity contribution < 1.29 is 9.53 Å². The normalized spacial score (nSPS) is 13.4. The van der Waals surface area contributed by atoms with Crippen molar-refractivity contribution in [2.75, 3.05) is 6.54 Å². The van der Waals surface area contributed by atoms with Crippen LogP contribution in [0.25, 0.3) is 0 Å². The Morgan fingerprint density at radius 1 is 1.29 bits per heavy atom. The smallest absolute Gasteiger partial charge is 0.246 e. The average molecular weight is 280 g/mol. The third-order valence-corrected chi connectivity index (χ3v) is 3.55. The Morgan fingerprint density at radius 2 is 2.19 bits per heavy atom. The number of aromatic nitrogens is 1. The third kappa shape index (κ3) is 2.94. The van der Waals surface area contributed by atoms with Crippen LogP contribution in [0, 0.1) is 0 Å². The van der Waals surface area contributed by atoms with Crippen molar-refractivity contribution in [2.24, 2.45) is 0 Å². The molecule has 1 aromatic heterocycles. The number of carbonyl (C=O) groups is 1. The highest BCUT2D eigenvalue weighted by Crippen LogP contribution is 2.27. The fraction of sp³-hybridized carbons (Fsp3) is 0.176. The van der Waals surface area contributed by atoms with Crippen molar-refractivity contribution in [2.45, 2.75) is 13.0 Å². The molecule has 0 aliphatic carbocycles. The van der Waals surface area contributed by atoms with Crippen LogP contribution in [0.3, 0.4) is 0 Å². The summed E-state index contributed by atoms with van der Waals surface area (Å²) >= 11 is 0. The van der Waals surface area contributed by atoms with E-state index in [0.29, 0.717) is 13.1 Å². The Balaban J connectivity index is 1.77. The Hall–Kier alpha value is -2.62. The lowest BCUT2D eigenvalue weighted by molar-refractivity contribution is -0.126. The van der Waals surface area contributed by atoms with E-state index >= 15 is 0 Å². The van der Waals surface area contributed by atoms with Gasteiger partial charge in [0.25, 0.3) is 0 Å². The second-order valence-corrected chi connectivity index (χ2v) is 4.94. The van der Waals surface area contributed by atoms with Gasteiger partial charge in [-0.2, -0.15) is 0 Å². The second kappa shape index (κ2) is 5.79. The van der Waals surface area contributed by atoms with Crippen LogP contribution in [0.5, 0.6) is 11.5 Å². The van der Waals surface area contributed by atoms with Crippen molar-refractivity contribution >= 4 is 5.91 Å². The minimum Gasteiger partial charge on any atom is -0.456 e. The van der Waals surface area contributed by atoms with Crippen LogP contribution < -0.4 is 4.74 Å². The molecule has 0 N–H and O–H groups in total. The maximum Gasteiger partial charge on any atom is 0.246 e. The third-order valence-electron chi connectivity index (χ3n) is 3.55. The number of carbonyl (C=O) groups excluding carboxylic acids is 1. The summed E-state index contributed by atoms with van der Waals surface area (Å²) in [6.07, 6.45) is 5.60. The zero-order valence-electron chi connectivity index (χ0n) is 11.7. The molecule has 4 nitrogen and oxygen atoms in total. The SMILES string of the molecule is C=CC(=O)N1CCc2cc(Oc3cccnc3)ccc2C1. The number of nitrogens with zero attached hydrogens (tertiary/aromatic N) is 2. The van der Waals surface area contributed by atoms with Gasteiger partial charge in [-0.25, -0.2) is 0 Å². The lowest BCUT2D eigenvalue weighted by Crippen LogP contribution is -2.34. The van der Waals surface area contributed by atoms with Crippen molar-refractivity contribution in [3.05, 3.63) is 66.5 Å². The van der Waals surface area contributed by atoms with Crippen molar-refractivity contribution in [3.63, 3.8) is 0 Å². The van der Waals surface area contributed by atoms with E-state index in [4.69, 9.17) is 4.74 Å². The number of pyridine rings is 1. The quantitative estimate of drug-likeness (QED) is 0.812. The molecule has 1 amide bonds. The zero-order chi connectivity index (χ0) is 14.7. The fourth-order valence-electron chi connectivity index (χ4n) is 2.45. The van der Waals surface area contributed by atoms with E-state index in [2.05, 4.69) is 11.6 Å². The summed E-state index contributed by atoms with van der Waals surface area (Å²) in [7, 11) is 0. The molecule has 0 saturated heterocycles. The molecule has 4 heteroatoms. The number of fused-ring (bicyclic) bond motifs is 1. The standard InChI is InChI=1S/C17H16N2O2/c1-2-17(20)19-9-7-13-10-15(6-5-14(13)12-19)21-16-4-3-8-18-11-16/h2-6,8,10-11H,1,7,9,12H2. The summed E-state index contributed by atoms with van der Waals surface area (Å²) in [5, 5.41) is 0. The molecule has 0 unspecified atom stereocenters. The number of hydrogen-bond donors (Lipinski definition) is 0. The van der Waals surface area contributed by atoms with E-state index in [-0.39, 0.29) is 5.91 Å². The Kier molecular flexibility index (Phi) is 3.69. The molecular weight excluding hydrogens is 264 g/mol. The Labute approximate surface area is 123 Å². The van der Waals surface area contributed by atoms with Gasteiger partial charge in [-0.3, -0.25) is 9.78 Å². The van der Waals surface area contributed by atoms with Crippen molar-refractivity contribution in [1.82, 2.24) is 9.88 Å². The van der Waals surface area contributed by atoms with Crippen molar-refractivity contribution in [3.8, 4) is 11.5 Å². The highest BCUT2D eigenvalue weighted by atomic mass is 16.5. The van der Waals surface area contributed by atoms with E-state index in [1.807, 2.05) is 30.3 Å². The molecule has 1 aliphatic heterocycles. The molecule has 0 bridgehead atoms. The first-order valence-electron chi connectivity index (χ1n) is 6.87. The topological polar surface area (TPSA) is 42.4 Å². The van der Waals surface area contributed by atoms with Crippen LogP contribution in [0.15, 0.2) is 55.4 Å². The lowest BCUT2D eigenvalue weighted by Gasteiger charge is -2.28. The molecule has 1 aromatic carbocycles. The maximum atomic E-state index is 11.7. The summed E-state index contributed by atoms with van der Waals surface area (Å²) in [4.78, 5) is 17.5. The van der Waals surface area contributed by atoms with Crippen LogP contribution in [0.4, 0.5) is 0 Å². The van der Waals surface area contributed by atoms with Crippen molar-refractivity contribution in [1.29, 1.82) is 0 Å². The van der Waals surface area contributed by atoms with Gasteiger partial charge in [-0.1, -0.05) is 12.6 Å². The van der Waals surface area contributed by atoms with E-state index in [9.17, 15) is 4.79 Å². The monoisotopic (exact) mass is 280 g/mol. The summed E-state index contributed by atoms with van der Waals surface area (Å²) in [5.41, 5.74) is 2.39. The summed E-state index contributed by atoms with van der Waals surface area (Å²) in [5.74, 6) is 1.50. The van der Waals surface area contributed by atoms with Gasteiger partial charge in [-0.15, -0.1) is 0 Å². The highest BCUT2D eigenvalue weighted by molar-refractivity contribution is 5.87. The van der Waals surface area contributed by atoms with Crippen LogP contribution in [0.2, 0.25) is 0 Å². The Morgan fingerprint density at radius 3 is 2.95 bits per heavy atom. The van der Waals surface area contributed by atoms with Gasteiger partial charge in [0.15, 0.2) is 0 Å². The molecule has 0 atom stereocenters. The molecule has 1 aliphatic rings. The highest BCUT2D eigenvalue weighted by Gasteiger charge is 2.19. The van der Waals surface area contributed by atoms with Crippen LogP contribution in [0.1, 0.15) is 11.1 Å². The molecule has 106 valence electrons. The average Bonchev–Trinajstić information content (AvgIpc) is 2.54. The molecule has 2 heterocycles. The largest absolute Gasteiger partial charge is 0.456 e. The molecular formula is C17H16N2O2. The summed E-state index contributed by atoms with van der Waals surface area (Å²) < 4.78 is 5.78. The first-order valence-corrected chi connectivity index (χ1v) is 6.87. The number of ether oxygens (including phenoxy) is 1. The molecule has 0 saturated carbocycles. The number of benzene rings is 1. The van der Waals surface area contributed by atoms with Crippen LogP contribution in [-0.4, -0.2) is 22.3 Å². The van der Waals surface area contributed by atoms with E-state index < -0.39 is 0 Å². The fourth-order valence-corrected chi connectivity index (χ4v) is 2.45. The van der Waals surface area contributed by atoms with Gasteiger partial charge in [-0.05, 0) is 47.9 Å². The summed E-state index contributed by atoms with van der Waals surface area (Å²) in [6, 6.07) is 9.69. The molecule has 0 radical (unpaired) electrons. The van der Waals surface area contributed by atoms with Crippen LogP contribution in [-0.2, 0) is 17.8 Å². The Bertz CT molecular complexity index is 668. The summed E-state index contributed by atoms with van der Waals surface area (Å²) in [6.45, 7) is 4.88. The second-order valence-electron chi connectivity index (χ2n) is 4.94. The molecule has 0 spiro atoms. The van der Waals surface area contributed by atoms with Gasteiger partial charge in [0.1, 0.15) is 11.5 Å². The minimum atomic E-state index is -0.0173. The van der Waals surface area contributed by atoms with E-state index in [1.165, 1.54) is 11.6 Å². The predicted octanol–water partition coefficient (Wildman–Crippen LogP) is 2.94. The number of amides is 1. The molecule has 21 heavy (non-hydrogen) atoms. The number of hydrogen-bond acceptors (Lipinski definition) is 3. The zero-order valence-corrected chi connectivity index (χ0v) is 11.7. The minimum absolute atomic E-state index is 0.0173. The molecule has 0 fully saturated rings. The van der Waals surface area contributed by atoms with Gasteiger partial charge < -0.3 is 9.64 Å². The van der Waals surface area contributed by atoms with Gasteiger partial charge in [0.05, 0.1) is 6.20 Å². The molecule has 3 rings (SSSR count). The van der Waals surface area contributed by atoms with E-state index in [1.54, 1.807) is 17.3 Å². The first kappa shape index (κ1) is 13.4.